The molecule has 1 saturated heterocycles. The summed E-state index contributed by atoms with van der Waals surface area (Å²) in [7, 11) is 0. The number of amides is 2. The molecular formula is C26H22N2O3S2. The Balaban J connectivity index is 1.39. The topological polar surface area (TPSA) is 58.6 Å². The highest BCUT2D eigenvalue weighted by atomic mass is 32.2. The number of carbonyl (C=O) groups is 2. The summed E-state index contributed by atoms with van der Waals surface area (Å²) in [6.07, 6.45) is 1.80. The first kappa shape index (κ1) is 22.8. The van der Waals surface area contributed by atoms with Gasteiger partial charge in [-0.3, -0.25) is 14.5 Å². The van der Waals surface area contributed by atoms with Gasteiger partial charge in [-0.2, -0.15) is 0 Å². The predicted octanol–water partition coefficient (Wildman–Crippen LogP) is 5.59. The van der Waals surface area contributed by atoms with Crippen molar-refractivity contribution in [2.45, 2.75) is 6.92 Å². The third-order valence-electron chi connectivity index (χ3n) is 4.94. The van der Waals surface area contributed by atoms with Gasteiger partial charge in [-0.1, -0.05) is 78.6 Å². The first-order valence-corrected chi connectivity index (χ1v) is 11.7. The average Bonchev–Trinajstić information content (AvgIpc) is 3.09. The number of nitrogens with one attached hydrogen (secondary N) is 1. The molecule has 4 rings (SSSR count). The van der Waals surface area contributed by atoms with Crippen LogP contribution >= 0.6 is 24.0 Å². The molecule has 166 valence electrons. The Hall–Kier alpha value is -3.42. The van der Waals surface area contributed by atoms with Crippen molar-refractivity contribution in [2.24, 2.45) is 0 Å². The Kier molecular flexibility index (Phi) is 7.22. The molecule has 0 atom stereocenters. The highest BCUT2D eigenvalue weighted by molar-refractivity contribution is 8.26. The van der Waals surface area contributed by atoms with Gasteiger partial charge in [0, 0.05) is 5.69 Å². The van der Waals surface area contributed by atoms with Gasteiger partial charge in [0.05, 0.1) is 11.5 Å². The third kappa shape index (κ3) is 5.69. The Morgan fingerprint density at radius 2 is 1.67 bits per heavy atom. The number of hydrogen-bond donors (Lipinski definition) is 1. The van der Waals surface area contributed by atoms with Gasteiger partial charge in [-0.15, -0.1) is 0 Å². The lowest BCUT2D eigenvalue weighted by Gasteiger charge is -2.14. The molecule has 3 aromatic rings. The van der Waals surface area contributed by atoms with E-state index >= 15 is 0 Å². The van der Waals surface area contributed by atoms with Gasteiger partial charge in [-0.25, -0.2) is 0 Å². The highest BCUT2D eigenvalue weighted by Crippen LogP contribution is 2.33. The van der Waals surface area contributed by atoms with Gasteiger partial charge in [0.2, 0.25) is 5.91 Å². The monoisotopic (exact) mass is 474 g/mol. The summed E-state index contributed by atoms with van der Waals surface area (Å²) in [6.45, 7) is 2.35. The standard InChI is InChI=1S/C26H22N2O3S2/c1-2-31-22-14-12-21(13-15-22)27-24(29)17-28-25(30)23(33-26(28)32)16-18-8-10-20(11-9-18)19-6-4-3-5-7-19/h3-16H,2,17H2,1H3,(H,27,29)/b23-16-. The normalized spacial score (nSPS) is 14.6. The second-order valence-electron chi connectivity index (χ2n) is 7.26. The lowest BCUT2D eigenvalue weighted by atomic mass is 10.0. The summed E-state index contributed by atoms with van der Waals surface area (Å²) in [6, 6.07) is 25.1. The minimum Gasteiger partial charge on any atom is -0.494 e. The first-order chi connectivity index (χ1) is 16.0. The molecule has 1 heterocycles. The van der Waals surface area contributed by atoms with Gasteiger partial charge in [0.1, 0.15) is 16.6 Å². The molecule has 1 N–H and O–H groups in total. The van der Waals surface area contributed by atoms with Crippen molar-refractivity contribution < 1.29 is 14.3 Å². The van der Waals surface area contributed by atoms with Crippen molar-refractivity contribution in [1.82, 2.24) is 4.90 Å². The van der Waals surface area contributed by atoms with E-state index in [0.717, 1.165) is 22.4 Å². The molecule has 5 nitrogen and oxygen atoms in total. The van der Waals surface area contributed by atoms with Crippen LogP contribution in [-0.2, 0) is 9.59 Å². The van der Waals surface area contributed by atoms with E-state index in [2.05, 4.69) is 17.4 Å². The van der Waals surface area contributed by atoms with Crippen molar-refractivity contribution in [3.8, 4) is 16.9 Å². The van der Waals surface area contributed by atoms with Crippen LogP contribution in [0.4, 0.5) is 5.69 Å². The number of nitrogens with zero attached hydrogens (tertiary/aromatic N) is 1. The van der Waals surface area contributed by atoms with Crippen LogP contribution in [0, 0.1) is 0 Å². The summed E-state index contributed by atoms with van der Waals surface area (Å²) in [5, 5.41) is 2.79. The lowest BCUT2D eigenvalue weighted by molar-refractivity contribution is -0.126. The maximum absolute atomic E-state index is 12.9. The van der Waals surface area contributed by atoms with E-state index in [1.54, 1.807) is 30.3 Å². The Morgan fingerprint density at radius 1 is 1.00 bits per heavy atom. The predicted molar refractivity (Wildman–Crippen MR) is 138 cm³/mol. The molecule has 0 spiro atoms. The molecule has 0 saturated carbocycles. The molecule has 0 aliphatic carbocycles. The minimum absolute atomic E-state index is 0.137. The van der Waals surface area contributed by atoms with E-state index < -0.39 is 0 Å². The van der Waals surface area contributed by atoms with Crippen molar-refractivity contribution in [1.29, 1.82) is 0 Å². The lowest BCUT2D eigenvalue weighted by Crippen LogP contribution is -2.36. The zero-order valence-electron chi connectivity index (χ0n) is 18.0. The van der Waals surface area contributed by atoms with Crippen LogP contribution in [0.25, 0.3) is 17.2 Å². The zero-order valence-corrected chi connectivity index (χ0v) is 19.6. The van der Waals surface area contributed by atoms with Crippen molar-refractivity contribution >= 4 is 51.9 Å². The molecule has 7 heteroatoms. The molecule has 0 radical (unpaired) electrons. The number of ether oxygens (including phenoxy) is 1. The number of thioether (sulfide) groups is 1. The molecule has 0 aromatic heterocycles. The molecule has 33 heavy (non-hydrogen) atoms. The zero-order chi connectivity index (χ0) is 23.2. The van der Waals surface area contributed by atoms with Crippen LogP contribution in [0.2, 0.25) is 0 Å². The van der Waals surface area contributed by atoms with E-state index in [1.807, 2.05) is 49.4 Å². The van der Waals surface area contributed by atoms with Crippen LogP contribution < -0.4 is 10.1 Å². The molecule has 1 fully saturated rings. The highest BCUT2D eigenvalue weighted by Gasteiger charge is 2.33. The molecule has 1 aliphatic rings. The first-order valence-electron chi connectivity index (χ1n) is 10.5. The van der Waals surface area contributed by atoms with Gasteiger partial charge in [-0.05, 0) is 54.0 Å². The molecule has 3 aromatic carbocycles. The average molecular weight is 475 g/mol. The van der Waals surface area contributed by atoms with E-state index in [-0.39, 0.29) is 18.4 Å². The number of hydrogen-bond acceptors (Lipinski definition) is 5. The summed E-state index contributed by atoms with van der Waals surface area (Å²) in [5.41, 5.74) is 3.76. The quantitative estimate of drug-likeness (QED) is 0.357. The Labute approximate surface area is 202 Å². The minimum atomic E-state index is -0.316. The summed E-state index contributed by atoms with van der Waals surface area (Å²) >= 11 is 6.56. The molecular weight excluding hydrogens is 452 g/mol. The van der Waals surface area contributed by atoms with Gasteiger partial charge in [0.15, 0.2) is 0 Å². The number of thiocarbonyl (C=S) groups is 1. The van der Waals surface area contributed by atoms with Crippen molar-refractivity contribution in [3.63, 3.8) is 0 Å². The fourth-order valence-electron chi connectivity index (χ4n) is 3.34. The van der Waals surface area contributed by atoms with Crippen LogP contribution in [-0.4, -0.2) is 34.2 Å². The fraction of sp³-hybridized carbons (Fsp3) is 0.115. The van der Waals surface area contributed by atoms with Crippen LogP contribution in [0.5, 0.6) is 5.75 Å². The second-order valence-corrected chi connectivity index (χ2v) is 8.94. The maximum atomic E-state index is 12.9. The van der Waals surface area contributed by atoms with Crippen LogP contribution in [0.1, 0.15) is 12.5 Å². The Morgan fingerprint density at radius 3 is 2.33 bits per heavy atom. The largest absolute Gasteiger partial charge is 0.494 e. The molecule has 0 unspecified atom stereocenters. The SMILES string of the molecule is CCOc1ccc(NC(=O)CN2C(=O)/C(=C/c3ccc(-c4ccccc4)cc3)SC2=S)cc1. The van der Waals surface area contributed by atoms with E-state index in [9.17, 15) is 9.59 Å². The van der Waals surface area contributed by atoms with Crippen LogP contribution in [0.3, 0.4) is 0 Å². The van der Waals surface area contributed by atoms with Gasteiger partial charge in [0.25, 0.3) is 5.91 Å². The molecule has 0 bridgehead atoms. The van der Waals surface area contributed by atoms with Crippen molar-refractivity contribution in [2.75, 3.05) is 18.5 Å². The second kappa shape index (κ2) is 10.5. The van der Waals surface area contributed by atoms with Gasteiger partial charge >= 0.3 is 0 Å². The number of benzene rings is 3. The van der Waals surface area contributed by atoms with Crippen LogP contribution in [0.15, 0.2) is 83.8 Å². The maximum Gasteiger partial charge on any atom is 0.266 e. The summed E-state index contributed by atoms with van der Waals surface area (Å²) < 4.78 is 5.77. The fourth-order valence-corrected chi connectivity index (χ4v) is 4.59. The van der Waals surface area contributed by atoms with E-state index in [4.69, 9.17) is 17.0 Å². The molecule has 2 amide bonds. The van der Waals surface area contributed by atoms with Gasteiger partial charge < -0.3 is 10.1 Å². The van der Waals surface area contributed by atoms with E-state index in [1.165, 1.54) is 16.7 Å². The number of anilines is 1. The summed E-state index contributed by atoms with van der Waals surface area (Å²) in [5.74, 6) is 0.150. The Bertz CT molecular complexity index is 1190. The number of carbonyl (C=O) groups excluding carboxylic acids is 2. The number of rotatable bonds is 7. The third-order valence-corrected chi connectivity index (χ3v) is 6.32. The summed E-state index contributed by atoms with van der Waals surface area (Å²) in [4.78, 5) is 27.2. The smallest absolute Gasteiger partial charge is 0.266 e. The van der Waals surface area contributed by atoms with E-state index in [0.29, 0.717) is 21.5 Å². The van der Waals surface area contributed by atoms with Crippen molar-refractivity contribution in [3.05, 3.63) is 89.3 Å². The molecule has 1 aliphatic heterocycles.